The molecule has 0 bridgehead atoms. The van der Waals surface area contributed by atoms with Crippen molar-refractivity contribution in [1.29, 1.82) is 0 Å². The van der Waals surface area contributed by atoms with Crippen LogP contribution in [0.15, 0.2) is 48.5 Å². The Labute approximate surface area is 113 Å². The number of benzene rings is 2. The Bertz CT molecular complexity index is 509. The third-order valence-corrected chi connectivity index (χ3v) is 4.79. The molecule has 0 amide bonds. The minimum Gasteiger partial charge on any atom is -0.178 e. The van der Waals surface area contributed by atoms with Gasteiger partial charge in [-0.25, -0.2) is 0 Å². The minimum absolute atomic E-state index is 0.0284. The van der Waals surface area contributed by atoms with Crippen LogP contribution < -0.4 is 0 Å². The van der Waals surface area contributed by atoms with E-state index in [-0.39, 0.29) is 5.41 Å². The van der Waals surface area contributed by atoms with Crippen LogP contribution in [-0.2, 0) is 5.41 Å². The first kappa shape index (κ1) is 11.2. The van der Waals surface area contributed by atoms with E-state index in [2.05, 4.69) is 73.8 Å². The van der Waals surface area contributed by atoms with Gasteiger partial charge in [0.2, 0.25) is 0 Å². The summed E-state index contributed by atoms with van der Waals surface area (Å²) in [7, 11) is 0. The summed E-state index contributed by atoms with van der Waals surface area (Å²) in [6.45, 7) is 0. The summed E-state index contributed by atoms with van der Waals surface area (Å²) in [6.07, 6.45) is 0. The molecule has 0 atom stereocenters. The zero-order valence-corrected chi connectivity index (χ0v) is 11.2. The maximum atomic E-state index is 4.58. The molecular formula is C15H14S2. The molecule has 1 aliphatic rings. The van der Waals surface area contributed by atoms with E-state index in [0.717, 1.165) is 11.5 Å². The lowest BCUT2D eigenvalue weighted by molar-refractivity contribution is 0.690. The Morgan fingerprint density at radius 3 is 1.53 bits per heavy atom. The highest BCUT2D eigenvalue weighted by atomic mass is 32.1. The number of hydrogen-bond donors (Lipinski definition) is 2. The Morgan fingerprint density at radius 1 is 0.706 bits per heavy atom. The Balaban J connectivity index is 2.38. The van der Waals surface area contributed by atoms with Gasteiger partial charge in [0.1, 0.15) is 0 Å². The number of hydrogen-bond acceptors (Lipinski definition) is 2. The van der Waals surface area contributed by atoms with Gasteiger partial charge in [0.05, 0.1) is 0 Å². The lowest BCUT2D eigenvalue weighted by atomic mass is 9.82. The van der Waals surface area contributed by atoms with Crippen molar-refractivity contribution in [3.8, 4) is 11.1 Å². The van der Waals surface area contributed by atoms with Gasteiger partial charge in [-0.2, -0.15) is 25.3 Å². The summed E-state index contributed by atoms with van der Waals surface area (Å²) in [4.78, 5) is 0. The lowest BCUT2D eigenvalue weighted by Gasteiger charge is -2.28. The van der Waals surface area contributed by atoms with Crippen LogP contribution in [-0.4, -0.2) is 11.5 Å². The zero-order valence-electron chi connectivity index (χ0n) is 9.43. The molecule has 86 valence electrons. The molecule has 1 aliphatic carbocycles. The number of rotatable bonds is 2. The van der Waals surface area contributed by atoms with E-state index in [0.29, 0.717) is 0 Å². The van der Waals surface area contributed by atoms with Crippen LogP contribution >= 0.6 is 25.3 Å². The molecule has 0 aliphatic heterocycles. The largest absolute Gasteiger partial charge is 0.178 e. The smallest absolute Gasteiger partial charge is 0.0390 e. The number of thiol groups is 2. The van der Waals surface area contributed by atoms with E-state index in [1.807, 2.05) is 0 Å². The Morgan fingerprint density at radius 2 is 1.12 bits per heavy atom. The second-order valence-corrected chi connectivity index (χ2v) is 5.12. The van der Waals surface area contributed by atoms with Crippen molar-refractivity contribution in [2.24, 2.45) is 0 Å². The maximum Gasteiger partial charge on any atom is 0.0390 e. The van der Waals surface area contributed by atoms with Crippen molar-refractivity contribution in [3.05, 3.63) is 59.7 Å². The summed E-state index contributed by atoms with van der Waals surface area (Å²) in [5.74, 6) is 1.59. The van der Waals surface area contributed by atoms with Gasteiger partial charge < -0.3 is 0 Å². The van der Waals surface area contributed by atoms with E-state index in [1.54, 1.807) is 0 Å². The van der Waals surface area contributed by atoms with Crippen molar-refractivity contribution < 1.29 is 0 Å². The SMILES string of the molecule is SCC1(CS)c2ccccc2-c2ccccc21. The number of fused-ring (bicyclic) bond motifs is 3. The maximum absolute atomic E-state index is 4.58. The molecule has 2 aromatic rings. The molecule has 3 rings (SSSR count). The first-order valence-corrected chi connectivity index (χ1v) is 7.01. The van der Waals surface area contributed by atoms with E-state index in [4.69, 9.17) is 0 Å². The topological polar surface area (TPSA) is 0 Å². The van der Waals surface area contributed by atoms with Crippen LogP contribution in [0, 0.1) is 0 Å². The van der Waals surface area contributed by atoms with Gasteiger partial charge in [-0.15, -0.1) is 0 Å². The summed E-state index contributed by atoms with van der Waals surface area (Å²) < 4.78 is 0. The van der Waals surface area contributed by atoms with Crippen molar-refractivity contribution in [2.45, 2.75) is 5.41 Å². The zero-order chi connectivity index (χ0) is 11.9. The normalized spacial score (nSPS) is 15.4. The molecule has 0 unspecified atom stereocenters. The molecule has 0 saturated heterocycles. The summed E-state index contributed by atoms with van der Waals surface area (Å²) in [5.41, 5.74) is 5.38. The van der Waals surface area contributed by atoms with Crippen molar-refractivity contribution in [2.75, 3.05) is 11.5 Å². The third-order valence-electron chi connectivity index (χ3n) is 3.72. The predicted molar refractivity (Wildman–Crippen MR) is 80.4 cm³/mol. The van der Waals surface area contributed by atoms with Crippen LogP contribution in [0.2, 0.25) is 0 Å². The molecule has 0 radical (unpaired) electrons. The average Bonchev–Trinajstić information content (AvgIpc) is 2.70. The van der Waals surface area contributed by atoms with E-state index in [9.17, 15) is 0 Å². The molecule has 2 aromatic carbocycles. The molecule has 2 heteroatoms. The fraction of sp³-hybridized carbons (Fsp3) is 0.200. The van der Waals surface area contributed by atoms with Crippen LogP contribution in [0.1, 0.15) is 11.1 Å². The average molecular weight is 258 g/mol. The standard InChI is InChI=1S/C15H14S2/c16-9-15(10-17)13-7-3-1-5-11(13)12-6-2-4-8-14(12)15/h1-8,16-17H,9-10H2. The second-order valence-electron chi connectivity index (χ2n) is 4.49. The van der Waals surface area contributed by atoms with Gasteiger partial charge >= 0.3 is 0 Å². The van der Waals surface area contributed by atoms with Crippen LogP contribution in [0.5, 0.6) is 0 Å². The molecule has 0 fully saturated rings. The Kier molecular flexibility index (Phi) is 2.72. The molecule has 0 aromatic heterocycles. The minimum atomic E-state index is -0.0284. The quantitative estimate of drug-likeness (QED) is 0.752. The van der Waals surface area contributed by atoms with Gasteiger partial charge in [-0.3, -0.25) is 0 Å². The molecule has 0 saturated carbocycles. The lowest BCUT2D eigenvalue weighted by Crippen LogP contribution is -2.29. The highest BCUT2D eigenvalue weighted by molar-refractivity contribution is 7.81. The van der Waals surface area contributed by atoms with E-state index >= 15 is 0 Å². The van der Waals surface area contributed by atoms with Crippen LogP contribution in [0.3, 0.4) is 0 Å². The highest BCUT2D eigenvalue weighted by Crippen LogP contribution is 2.49. The fourth-order valence-corrected chi connectivity index (χ4v) is 3.89. The van der Waals surface area contributed by atoms with Crippen LogP contribution in [0.4, 0.5) is 0 Å². The molecule has 0 N–H and O–H groups in total. The molecule has 17 heavy (non-hydrogen) atoms. The first-order chi connectivity index (χ1) is 8.33. The summed E-state index contributed by atoms with van der Waals surface area (Å²) >= 11 is 9.16. The Hall–Kier alpha value is -0.860. The van der Waals surface area contributed by atoms with E-state index in [1.165, 1.54) is 22.3 Å². The van der Waals surface area contributed by atoms with Gasteiger partial charge in [0.15, 0.2) is 0 Å². The summed E-state index contributed by atoms with van der Waals surface area (Å²) in [6, 6.07) is 17.2. The van der Waals surface area contributed by atoms with Crippen molar-refractivity contribution in [3.63, 3.8) is 0 Å². The second kappa shape index (κ2) is 4.11. The van der Waals surface area contributed by atoms with E-state index < -0.39 is 0 Å². The van der Waals surface area contributed by atoms with Crippen molar-refractivity contribution >= 4 is 25.3 Å². The fourth-order valence-electron chi connectivity index (χ4n) is 2.81. The van der Waals surface area contributed by atoms with Crippen molar-refractivity contribution in [1.82, 2.24) is 0 Å². The van der Waals surface area contributed by atoms with Gasteiger partial charge in [0.25, 0.3) is 0 Å². The first-order valence-electron chi connectivity index (χ1n) is 5.74. The highest BCUT2D eigenvalue weighted by Gasteiger charge is 2.40. The summed E-state index contributed by atoms with van der Waals surface area (Å²) in [5, 5.41) is 0. The van der Waals surface area contributed by atoms with Gasteiger partial charge in [0, 0.05) is 16.9 Å². The van der Waals surface area contributed by atoms with Gasteiger partial charge in [-0.05, 0) is 22.3 Å². The molecule has 0 spiro atoms. The van der Waals surface area contributed by atoms with Crippen LogP contribution in [0.25, 0.3) is 11.1 Å². The molecule has 0 heterocycles. The molecule has 0 nitrogen and oxygen atoms in total. The van der Waals surface area contributed by atoms with Gasteiger partial charge in [-0.1, -0.05) is 48.5 Å². The third kappa shape index (κ3) is 1.40. The molecular weight excluding hydrogens is 244 g/mol. The predicted octanol–water partition coefficient (Wildman–Crippen LogP) is 3.81. The monoisotopic (exact) mass is 258 g/mol.